The van der Waals surface area contributed by atoms with Crippen molar-refractivity contribution in [2.45, 2.75) is 38.5 Å². The Bertz CT molecular complexity index is 391. The third-order valence-electron chi connectivity index (χ3n) is 2.76. The summed E-state index contributed by atoms with van der Waals surface area (Å²) in [5.41, 5.74) is 2.01. The third-order valence-corrected chi connectivity index (χ3v) is 3.85. The van der Waals surface area contributed by atoms with Gasteiger partial charge >= 0.3 is 0 Å². The predicted molar refractivity (Wildman–Crippen MR) is 77.2 cm³/mol. The summed E-state index contributed by atoms with van der Waals surface area (Å²) in [5.74, 6) is 0.511. The molecule has 0 heterocycles. The van der Waals surface area contributed by atoms with Crippen molar-refractivity contribution in [3.63, 3.8) is 0 Å². The molecule has 4 heteroatoms. The smallest absolute Gasteiger partial charge is 0.0498 e. The first kappa shape index (κ1) is 14.5. The molecular formula is C13H20ClNOS. The summed E-state index contributed by atoms with van der Waals surface area (Å²) in [7, 11) is -0.864. The summed E-state index contributed by atoms with van der Waals surface area (Å²) in [6.07, 6.45) is 3.87. The van der Waals surface area contributed by atoms with E-state index in [-0.39, 0.29) is 0 Å². The Kier molecular flexibility index (Phi) is 6.00. The second-order valence-corrected chi connectivity index (χ2v) is 6.02. The number of hydrogen-bond acceptors (Lipinski definition) is 2. The van der Waals surface area contributed by atoms with Crippen molar-refractivity contribution in [3.05, 3.63) is 28.8 Å². The van der Waals surface area contributed by atoms with Crippen molar-refractivity contribution in [1.82, 2.24) is 0 Å². The van der Waals surface area contributed by atoms with Crippen LogP contribution in [-0.4, -0.2) is 16.5 Å². The van der Waals surface area contributed by atoms with Crippen molar-refractivity contribution in [3.8, 4) is 0 Å². The van der Waals surface area contributed by atoms with Gasteiger partial charge < -0.3 is 5.32 Å². The van der Waals surface area contributed by atoms with Crippen LogP contribution in [0.4, 0.5) is 5.69 Å². The van der Waals surface area contributed by atoms with Gasteiger partial charge in [-0.25, -0.2) is 0 Å². The molecule has 0 aliphatic rings. The Morgan fingerprint density at radius 2 is 2.00 bits per heavy atom. The molecule has 1 rings (SSSR count). The minimum Gasteiger partial charge on any atom is -0.382 e. The van der Waals surface area contributed by atoms with Crippen LogP contribution in [0.15, 0.2) is 18.2 Å². The van der Waals surface area contributed by atoms with Gasteiger partial charge in [0.15, 0.2) is 0 Å². The zero-order chi connectivity index (χ0) is 12.8. The lowest BCUT2D eigenvalue weighted by molar-refractivity contribution is 0.671. The summed E-state index contributed by atoms with van der Waals surface area (Å²) >= 11 is 6.08. The second kappa shape index (κ2) is 7.02. The topological polar surface area (TPSA) is 29.1 Å². The number of halogens is 1. The molecule has 17 heavy (non-hydrogen) atoms. The minimum absolute atomic E-state index is 0.483. The second-order valence-electron chi connectivity index (χ2n) is 4.18. The average molecular weight is 274 g/mol. The summed E-state index contributed by atoms with van der Waals surface area (Å²) in [6.45, 7) is 4.33. The van der Waals surface area contributed by atoms with E-state index in [0.717, 1.165) is 24.1 Å². The van der Waals surface area contributed by atoms with Crippen molar-refractivity contribution in [2.75, 3.05) is 11.6 Å². The van der Waals surface area contributed by atoms with Crippen LogP contribution in [0.3, 0.4) is 0 Å². The lowest BCUT2D eigenvalue weighted by Gasteiger charge is -2.17. The number of benzene rings is 1. The molecule has 1 N–H and O–H groups in total. The lowest BCUT2D eigenvalue weighted by Crippen LogP contribution is -2.17. The summed E-state index contributed by atoms with van der Waals surface area (Å²) in [5, 5.41) is 4.15. The summed E-state index contributed by atoms with van der Waals surface area (Å²) in [6, 6.07) is 6.33. The van der Waals surface area contributed by atoms with Gasteiger partial charge in [0.2, 0.25) is 0 Å². The van der Waals surface area contributed by atoms with Crippen LogP contribution in [-0.2, 0) is 16.6 Å². The van der Waals surface area contributed by atoms with Crippen LogP contribution in [0.2, 0.25) is 5.02 Å². The molecule has 0 amide bonds. The van der Waals surface area contributed by atoms with Crippen LogP contribution in [0.5, 0.6) is 0 Å². The van der Waals surface area contributed by atoms with Gasteiger partial charge in [-0.1, -0.05) is 25.4 Å². The van der Waals surface area contributed by atoms with E-state index in [2.05, 4.69) is 19.2 Å². The first-order valence-electron chi connectivity index (χ1n) is 5.91. The van der Waals surface area contributed by atoms with E-state index in [1.165, 1.54) is 0 Å². The van der Waals surface area contributed by atoms with E-state index in [0.29, 0.717) is 16.8 Å². The Labute approximate surface area is 111 Å². The monoisotopic (exact) mass is 273 g/mol. The Hall–Kier alpha value is -0.540. The molecule has 2 nitrogen and oxygen atoms in total. The molecule has 0 aromatic heterocycles. The average Bonchev–Trinajstić information content (AvgIpc) is 2.29. The molecule has 0 fully saturated rings. The molecule has 0 bridgehead atoms. The maximum Gasteiger partial charge on any atom is 0.0498 e. The van der Waals surface area contributed by atoms with Crippen LogP contribution >= 0.6 is 11.6 Å². The number of hydrogen-bond donors (Lipinski definition) is 1. The molecular weight excluding hydrogens is 254 g/mol. The Morgan fingerprint density at radius 3 is 2.53 bits per heavy atom. The maximum absolute atomic E-state index is 11.2. The van der Waals surface area contributed by atoms with E-state index in [1.807, 2.05) is 18.2 Å². The number of rotatable bonds is 6. The number of anilines is 1. The fourth-order valence-electron chi connectivity index (χ4n) is 1.72. The Balaban J connectivity index is 2.84. The predicted octanol–water partition coefficient (Wildman–Crippen LogP) is 3.82. The molecule has 0 aliphatic heterocycles. The largest absolute Gasteiger partial charge is 0.382 e. The van der Waals surface area contributed by atoms with Gasteiger partial charge in [-0.2, -0.15) is 0 Å². The van der Waals surface area contributed by atoms with Gasteiger partial charge in [0, 0.05) is 39.6 Å². The third kappa shape index (κ3) is 4.68. The molecule has 1 atom stereocenters. The van der Waals surface area contributed by atoms with Crippen molar-refractivity contribution in [2.24, 2.45) is 0 Å². The van der Waals surface area contributed by atoms with Crippen LogP contribution < -0.4 is 5.32 Å². The highest BCUT2D eigenvalue weighted by Crippen LogP contribution is 2.22. The number of nitrogens with one attached hydrogen (secondary N) is 1. The van der Waals surface area contributed by atoms with E-state index >= 15 is 0 Å². The van der Waals surface area contributed by atoms with Crippen molar-refractivity contribution in [1.29, 1.82) is 0 Å². The molecule has 0 spiro atoms. The molecule has 0 saturated heterocycles. The van der Waals surface area contributed by atoms with E-state index < -0.39 is 10.8 Å². The van der Waals surface area contributed by atoms with Gasteiger partial charge in [0.05, 0.1) is 0 Å². The fraction of sp³-hybridized carbons (Fsp3) is 0.538. The standard InChI is InChI=1S/C13H20ClNOS/c1-4-11(5-2)15-12-6-7-13(14)10(8-12)9-17(3)16/h6-8,11,15H,4-5,9H2,1-3H3/t17-/m1/s1. The molecule has 0 saturated carbocycles. The zero-order valence-corrected chi connectivity index (χ0v) is 12.2. The van der Waals surface area contributed by atoms with Gasteiger partial charge in [0.1, 0.15) is 0 Å². The van der Waals surface area contributed by atoms with Gasteiger partial charge in [-0.05, 0) is 36.6 Å². The van der Waals surface area contributed by atoms with Crippen LogP contribution in [0.25, 0.3) is 0 Å². The minimum atomic E-state index is -0.864. The van der Waals surface area contributed by atoms with Gasteiger partial charge in [0.25, 0.3) is 0 Å². The molecule has 0 radical (unpaired) electrons. The van der Waals surface area contributed by atoms with Gasteiger partial charge in [-0.3, -0.25) is 4.21 Å². The first-order chi connectivity index (χ1) is 8.06. The summed E-state index contributed by atoms with van der Waals surface area (Å²) < 4.78 is 11.2. The maximum atomic E-state index is 11.2. The van der Waals surface area contributed by atoms with Crippen LogP contribution in [0.1, 0.15) is 32.3 Å². The lowest BCUT2D eigenvalue weighted by atomic mass is 10.1. The van der Waals surface area contributed by atoms with Crippen LogP contribution in [0, 0.1) is 0 Å². The highest BCUT2D eigenvalue weighted by Gasteiger charge is 2.07. The van der Waals surface area contributed by atoms with E-state index in [1.54, 1.807) is 6.26 Å². The normalized spacial score (nSPS) is 12.8. The van der Waals surface area contributed by atoms with Crippen molar-refractivity contribution < 1.29 is 4.21 Å². The molecule has 0 aliphatic carbocycles. The van der Waals surface area contributed by atoms with E-state index in [4.69, 9.17) is 11.6 Å². The highest BCUT2D eigenvalue weighted by atomic mass is 35.5. The fourth-order valence-corrected chi connectivity index (χ4v) is 2.66. The quantitative estimate of drug-likeness (QED) is 0.854. The zero-order valence-electron chi connectivity index (χ0n) is 10.6. The molecule has 1 aromatic rings. The van der Waals surface area contributed by atoms with Gasteiger partial charge in [-0.15, -0.1) is 0 Å². The van der Waals surface area contributed by atoms with E-state index in [9.17, 15) is 4.21 Å². The highest BCUT2D eigenvalue weighted by molar-refractivity contribution is 7.83. The first-order valence-corrected chi connectivity index (χ1v) is 8.02. The van der Waals surface area contributed by atoms with Crippen molar-refractivity contribution >= 4 is 28.1 Å². The molecule has 0 unspecified atom stereocenters. The molecule has 96 valence electrons. The Morgan fingerprint density at radius 1 is 1.35 bits per heavy atom. The SMILES string of the molecule is CCC(CC)Nc1ccc(Cl)c(C[S@@](C)=O)c1. The summed E-state index contributed by atoms with van der Waals surface area (Å²) in [4.78, 5) is 0. The molecule has 1 aromatic carbocycles.